The van der Waals surface area contributed by atoms with E-state index in [1.165, 1.54) is 0 Å². The molecule has 1 aromatic carbocycles. The second-order valence-electron chi connectivity index (χ2n) is 3.72. The lowest BCUT2D eigenvalue weighted by atomic mass is 10.1. The highest BCUT2D eigenvalue weighted by Crippen LogP contribution is 2.24. The van der Waals surface area contributed by atoms with Crippen LogP contribution < -0.4 is 0 Å². The van der Waals surface area contributed by atoms with Gasteiger partial charge in [0, 0.05) is 12.0 Å². The van der Waals surface area contributed by atoms with Crippen LogP contribution in [0.4, 0.5) is 0 Å². The summed E-state index contributed by atoms with van der Waals surface area (Å²) in [6.45, 7) is 2.03. The Morgan fingerprint density at radius 1 is 1.40 bits per heavy atom. The fourth-order valence-electron chi connectivity index (χ4n) is 1.69. The Labute approximate surface area is 89.6 Å². The van der Waals surface area contributed by atoms with Gasteiger partial charge in [0.2, 0.25) is 0 Å². The molecule has 0 N–H and O–H groups in total. The average molecular weight is 202 g/mol. The van der Waals surface area contributed by atoms with Gasteiger partial charge >= 0.3 is 5.97 Å². The molecule has 0 aromatic heterocycles. The van der Waals surface area contributed by atoms with Crippen LogP contribution in [0.2, 0.25) is 0 Å². The van der Waals surface area contributed by atoms with Gasteiger partial charge in [-0.1, -0.05) is 37.3 Å². The third-order valence-electron chi connectivity index (χ3n) is 2.58. The lowest BCUT2D eigenvalue weighted by Crippen LogP contribution is -2.03. The molecule has 1 heterocycles. The van der Waals surface area contributed by atoms with Crippen molar-refractivity contribution in [2.75, 3.05) is 0 Å². The normalized spacial score (nSPS) is 23.1. The highest BCUT2D eigenvalue weighted by molar-refractivity contribution is 5.95. The van der Waals surface area contributed by atoms with Crippen molar-refractivity contribution in [3.63, 3.8) is 0 Å². The van der Waals surface area contributed by atoms with E-state index in [2.05, 4.69) is 0 Å². The van der Waals surface area contributed by atoms with Crippen molar-refractivity contribution in [2.24, 2.45) is 0 Å². The van der Waals surface area contributed by atoms with Gasteiger partial charge in [0.15, 0.2) is 0 Å². The first-order valence-electron chi connectivity index (χ1n) is 5.26. The van der Waals surface area contributed by atoms with Gasteiger partial charge in [-0.05, 0) is 18.1 Å². The zero-order valence-electron chi connectivity index (χ0n) is 8.77. The van der Waals surface area contributed by atoms with E-state index >= 15 is 0 Å². The molecule has 1 atom stereocenters. The smallest absolute Gasteiger partial charge is 0.334 e. The van der Waals surface area contributed by atoms with Crippen molar-refractivity contribution >= 4 is 12.0 Å². The van der Waals surface area contributed by atoms with Crippen LogP contribution in [0.1, 0.15) is 25.3 Å². The van der Waals surface area contributed by atoms with Crippen molar-refractivity contribution < 1.29 is 9.53 Å². The number of cyclic esters (lactones) is 1. The molecule has 2 nitrogen and oxygen atoms in total. The Balaban J connectivity index is 2.18. The molecule has 0 bridgehead atoms. The molecule has 1 aromatic rings. The van der Waals surface area contributed by atoms with E-state index in [1.54, 1.807) is 0 Å². The number of rotatable bonds is 2. The van der Waals surface area contributed by atoms with Gasteiger partial charge in [-0.25, -0.2) is 4.79 Å². The van der Waals surface area contributed by atoms with Gasteiger partial charge in [0.1, 0.15) is 6.10 Å². The highest BCUT2D eigenvalue weighted by atomic mass is 16.5. The summed E-state index contributed by atoms with van der Waals surface area (Å²) >= 11 is 0. The minimum absolute atomic E-state index is 0.0764. The van der Waals surface area contributed by atoms with Crippen LogP contribution in [0.15, 0.2) is 35.9 Å². The molecule has 1 fully saturated rings. The van der Waals surface area contributed by atoms with E-state index in [-0.39, 0.29) is 12.1 Å². The third-order valence-corrected chi connectivity index (χ3v) is 2.58. The van der Waals surface area contributed by atoms with Gasteiger partial charge in [0.05, 0.1) is 0 Å². The Morgan fingerprint density at radius 2 is 2.13 bits per heavy atom. The van der Waals surface area contributed by atoms with Gasteiger partial charge in [-0.15, -0.1) is 0 Å². The van der Waals surface area contributed by atoms with Crippen molar-refractivity contribution in [3.8, 4) is 0 Å². The number of hydrogen-bond acceptors (Lipinski definition) is 2. The van der Waals surface area contributed by atoms with Crippen LogP contribution in [0, 0.1) is 0 Å². The number of carbonyl (C=O) groups excluding carboxylic acids is 1. The van der Waals surface area contributed by atoms with E-state index in [9.17, 15) is 4.79 Å². The zero-order chi connectivity index (χ0) is 10.7. The fourth-order valence-corrected chi connectivity index (χ4v) is 1.69. The molecule has 2 rings (SSSR count). The predicted molar refractivity (Wildman–Crippen MR) is 59.2 cm³/mol. The molecule has 15 heavy (non-hydrogen) atoms. The second-order valence-corrected chi connectivity index (χ2v) is 3.72. The lowest BCUT2D eigenvalue weighted by molar-refractivity contribution is -0.138. The van der Waals surface area contributed by atoms with E-state index in [1.807, 2.05) is 43.3 Å². The van der Waals surface area contributed by atoms with E-state index in [0.717, 1.165) is 24.0 Å². The Hall–Kier alpha value is -1.57. The van der Waals surface area contributed by atoms with Gasteiger partial charge in [0.25, 0.3) is 0 Å². The summed E-state index contributed by atoms with van der Waals surface area (Å²) in [4.78, 5) is 11.5. The van der Waals surface area contributed by atoms with Crippen molar-refractivity contribution in [3.05, 3.63) is 41.5 Å². The molecule has 0 amide bonds. The number of ether oxygens (including phenoxy) is 1. The fraction of sp³-hybridized carbons (Fsp3) is 0.308. The largest absolute Gasteiger partial charge is 0.459 e. The minimum Gasteiger partial charge on any atom is -0.459 e. The molecule has 0 aliphatic carbocycles. The van der Waals surface area contributed by atoms with Gasteiger partial charge in [-0.2, -0.15) is 0 Å². The van der Waals surface area contributed by atoms with Crippen LogP contribution >= 0.6 is 0 Å². The number of hydrogen-bond donors (Lipinski definition) is 0. The first kappa shape index (κ1) is 9.97. The van der Waals surface area contributed by atoms with Gasteiger partial charge in [-0.3, -0.25) is 0 Å². The first-order chi connectivity index (χ1) is 7.29. The van der Waals surface area contributed by atoms with Crippen LogP contribution in [-0.2, 0) is 9.53 Å². The molecule has 2 heteroatoms. The van der Waals surface area contributed by atoms with Crippen LogP contribution in [0.5, 0.6) is 0 Å². The number of carbonyl (C=O) groups is 1. The maximum Gasteiger partial charge on any atom is 0.334 e. The van der Waals surface area contributed by atoms with Crippen LogP contribution in [0.3, 0.4) is 0 Å². The minimum atomic E-state index is -0.161. The molecule has 0 radical (unpaired) electrons. The van der Waals surface area contributed by atoms with Crippen molar-refractivity contribution in [1.82, 2.24) is 0 Å². The zero-order valence-corrected chi connectivity index (χ0v) is 8.77. The number of esters is 1. The summed E-state index contributed by atoms with van der Waals surface area (Å²) in [6, 6.07) is 9.86. The monoisotopic (exact) mass is 202 g/mol. The SMILES string of the molecule is CCC1CC(=Cc2ccccc2)C(=O)O1. The summed E-state index contributed by atoms with van der Waals surface area (Å²) in [5.41, 5.74) is 1.84. The molecule has 1 unspecified atom stereocenters. The topological polar surface area (TPSA) is 26.3 Å². The maximum absolute atomic E-state index is 11.5. The Kier molecular flexibility index (Phi) is 2.86. The summed E-state index contributed by atoms with van der Waals surface area (Å²) in [6.07, 6.45) is 3.62. The summed E-state index contributed by atoms with van der Waals surface area (Å²) < 4.78 is 5.19. The predicted octanol–water partition coefficient (Wildman–Crippen LogP) is 2.80. The van der Waals surface area contributed by atoms with E-state index in [4.69, 9.17) is 4.74 Å². The Morgan fingerprint density at radius 3 is 2.73 bits per heavy atom. The third kappa shape index (κ3) is 2.27. The summed E-state index contributed by atoms with van der Waals surface area (Å²) in [5, 5.41) is 0. The molecule has 1 aliphatic heterocycles. The summed E-state index contributed by atoms with van der Waals surface area (Å²) in [5.74, 6) is -0.161. The highest BCUT2D eigenvalue weighted by Gasteiger charge is 2.26. The quantitative estimate of drug-likeness (QED) is 0.544. The van der Waals surface area contributed by atoms with E-state index in [0.29, 0.717) is 0 Å². The van der Waals surface area contributed by atoms with Crippen LogP contribution in [-0.4, -0.2) is 12.1 Å². The van der Waals surface area contributed by atoms with Crippen molar-refractivity contribution in [1.29, 1.82) is 0 Å². The van der Waals surface area contributed by atoms with E-state index < -0.39 is 0 Å². The summed E-state index contributed by atoms with van der Waals surface area (Å²) in [7, 11) is 0. The molecule has 0 saturated carbocycles. The molecular weight excluding hydrogens is 188 g/mol. The average Bonchev–Trinajstić information content (AvgIpc) is 2.61. The first-order valence-corrected chi connectivity index (χ1v) is 5.26. The second kappa shape index (κ2) is 4.30. The standard InChI is InChI=1S/C13H14O2/c1-2-12-9-11(13(14)15-12)8-10-6-4-3-5-7-10/h3-8,12H,2,9H2,1H3. The van der Waals surface area contributed by atoms with Crippen LogP contribution in [0.25, 0.3) is 6.08 Å². The number of benzene rings is 1. The molecule has 1 saturated heterocycles. The molecular formula is C13H14O2. The molecule has 78 valence electrons. The van der Waals surface area contributed by atoms with Gasteiger partial charge < -0.3 is 4.74 Å². The Bertz CT molecular complexity index is 379. The van der Waals surface area contributed by atoms with Crippen molar-refractivity contribution in [2.45, 2.75) is 25.9 Å². The molecule has 1 aliphatic rings. The molecule has 0 spiro atoms. The lowest BCUT2D eigenvalue weighted by Gasteiger charge is -2.01. The maximum atomic E-state index is 11.5.